The second-order valence-electron chi connectivity index (χ2n) is 6.28. The summed E-state index contributed by atoms with van der Waals surface area (Å²) in [5, 5.41) is 3.63. The summed E-state index contributed by atoms with van der Waals surface area (Å²) in [4.78, 5) is 29.0. The van der Waals surface area contributed by atoms with E-state index >= 15 is 0 Å². The Labute approximate surface area is 161 Å². The number of hydrogen-bond donors (Lipinski definition) is 1. The summed E-state index contributed by atoms with van der Waals surface area (Å²) in [6, 6.07) is 15.9. The fourth-order valence-electron chi connectivity index (χ4n) is 2.82. The molecule has 0 radical (unpaired) electrons. The van der Waals surface area contributed by atoms with Gasteiger partial charge in [0.2, 0.25) is 0 Å². The summed E-state index contributed by atoms with van der Waals surface area (Å²) in [6.07, 6.45) is -0.992. The van der Waals surface area contributed by atoms with Gasteiger partial charge >= 0.3 is 5.97 Å². The number of nitrogens with one attached hydrogen (secondary N) is 1. The molecule has 0 unspecified atom stereocenters. The first-order chi connectivity index (χ1) is 13.6. The van der Waals surface area contributed by atoms with Gasteiger partial charge in [-0.05, 0) is 31.2 Å². The lowest BCUT2D eigenvalue weighted by Gasteiger charge is -2.19. The van der Waals surface area contributed by atoms with Crippen molar-refractivity contribution in [2.75, 3.05) is 18.5 Å². The Bertz CT molecular complexity index is 1050. The van der Waals surface area contributed by atoms with Crippen molar-refractivity contribution in [1.29, 1.82) is 0 Å². The Morgan fingerprint density at radius 1 is 1.04 bits per heavy atom. The van der Waals surface area contributed by atoms with Gasteiger partial charge in [-0.1, -0.05) is 24.3 Å². The first kappa shape index (κ1) is 17.8. The van der Waals surface area contributed by atoms with Crippen molar-refractivity contribution in [2.24, 2.45) is 0 Å². The Morgan fingerprint density at radius 3 is 2.68 bits per heavy atom. The maximum Gasteiger partial charge on any atom is 0.357 e. The zero-order valence-electron chi connectivity index (χ0n) is 15.2. The number of rotatable bonds is 4. The van der Waals surface area contributed by atoms with Gasteiger partial charge in [0.25, 0.3) is 5.91 Å². The molecule has 1 aliphatic rings. The number of amides is 1. The van der Waals surface area contributed by atoms with Crippen LogP contribution < -0.4 is 14.8 Å². The third-order valence-electron chi connectivity index (χ3n) is 4.27. The van der Waals surface area contributed by atoms with Crippen LogP contribution in [0.15, 0.2) is 54.6 Å². The molecule has 3 aromatic rings. The number of esters is 1. The van der Waals surface area contributed by atoms with Gasteiger partial charge in [0.1, 0.15) is 18.9 Å². The molecular formula is C21H18N2O5. The molecule has 4 rings (SSSR count). The van der Waals surface area contributed by atoms with Crippen LogP contribution in [-0.2, 0) is 9.53 Å². The number of benzene rings is 2. The van der Waals surface area contributed by atoms with E-state index in [0.717, 1.165) is 5.39 Å². The van der Waals surface area contributed by atoms with Crippen LogP contribution >= 0.6 is 0 Å². The number of hydrogen-bond acceptors (Lipinski definition) is 6. The van der Waals surface area contributed by atoms with E-state index in [1.165, 1.54) is 6.92 Å². The SMILES string of the molecule is C[C@H](OC(=O)c1ccc2ccccc2n1)C(=O)Nc1ccc2c(c1)OCCO2. The third kappa shape index (κ3) is 3.73. The van der Waals surface area contributed by atoms with Gasteiger partial charge in [0.15, 0.2) is 17.6 Å². The number of aromatic nitrogens is 1. The molecule has 0 bridgehead atoms. The molecular weight excluding hydrogens is 360 g/mol. The van der Waals surface area contributed by atoms with E-state index in [1.54, 1.807) is 30.3 Å². The van der Waals surface area contributed by atoms with E-state index in [-0.39, 0.29) is 5.69 Å². The molecule has 1 N–H and O–H groups in total. The largest absolute Gasteiger partial charge is 0.486 e. The zero-order chi connectivity index (χ0) is 19.5. The topological polar surface area (TPSA) is 86.8 Å². The summed E-state index contributed by atoms with van der Waals surface area (Å²) >= 11 is 0. The highest BCUT2D eigenvalue weighted by Gasteiger charge is 2.21. The Balaban J connectivity index is 1.41. The van der Waals surface area contributed by atoms with Crippen molar-refractivity contribution in [3.8, 4) is 11.5 Å². The Kier molecular flexibility index (Phi) is 4.80. The summed E-state index contributed by atoms with van der Waals surface area (Å²) < 4.78 is 16.2. The molecule has 2 aromatic carbocycles. The molecule has 7 nitrogen and oxygen atoms in total. The van der Waals surface area contributed by atoms with Crippen molar-refractivity contribution in [1.82, 2.24) is 4.98 Å². The predicted molar refractivity (Wildman–Crippen MR) is 103 cm³/mol. The van der Waals surface area contributed by atoms with Crippen LogP contribution in [0.4, 0.5) is 5.69 Å². The van der Waals surface area contributed by atoms with Gasteiger partial charge in [-0.15, -0.1) is 0 Å². The molecule has 0 spiro atoms. The number of carbonyl (C=O) groups excluding carboxylic acids is 2. The van der Waals surface area contributed by atoms with Crippen LogP contribution in [0.5, 0.6) is 11.5 Å². The molecule has 1 aromatic heterocycles. The van der Waals surface area contributed by atoms with E-state index in [9.17, 15) is 9.59 Å². The van der Waals surface area contributed by atoms with Gasteiger partial charge in [-0.25, -0.2) is 9.78 Å². The zero-order valence-corrected chi connectivity index (χ0v) is 15.2. The van der Waals surface area contributed by atoms with Gasteiger partial charge in [-0.3, -0.25) is 4.79 Å². The molecule has 0 fully saturated rings. The lowest BCUT2D eigenvalue weighted by atomic mass is 10.2. The minimum absolute atomic E-state index is 0.151. The van der Waals surface area contributed by atoms with Crippen molar-refractivity contribution in [2.45, 2.75) is 13.0 Å². The van der Waals surface area contributed by atoms with Crippen LogP contribution in [0.2, 0.25) is 0 Å². The molecule has 7 heteroatoms. The maximum absolute atomic E-state index is 12.4. The van der Waals surface area contributed by atoms with Crippen LogP contribution in [-0.4, -0.2) is 36.2 Å². The molecule has 0 saturated heterocycles. The molecule has 0 saturated carbocycles. The van der Waals surface area contributed by atoms with Crippen molar-refractivity contribution < 1.29 is 23.8 Å². The van der Waals surface area contributed by atoms with E-state index in [2.05, 4.69) is 10.3 Å². The average molecular weight is 378 g/mol. The molecule has 0 aliphatic carbocycles. The quantitative estimate of drug-likeness (QED) is 0.702. The summed E-state index contributed by atoms with van der Waals surface area (Å²) in [7, 11) is 0. The number of pyridine rings is 1. The van der Waals surface area contributed by atoms with Crippen molar-refractivity contribution in [3.63, 3.8) is 0 Å². The molecule has 1 atom stereocenters. The number of carbonyl (C=O) groups is 2. The van der Waals surface area contributed by atoms with Crippen molar-refractivity contribution in [3.05, 3.63) is 60.3 Å². The number of nitrogens with zero attached hydrogens (tertiary/aromatic N) is 1. The normalized spacial score (nSPS) is 13.6. The minimum Gasteiger partial charge on any atom is -0.486 e. The summed E-state index contributed by atoms with van der Waals surface area (Å²) in [5.41, 5.74) is 1.36. The molecule has 1 aliphatic heterocycles. The van der Waals surface area contributed by atoms with E-state index < -0.39 is 18.0 Å². The van der Waals surface area contributed by atoms with E-state index in [1.807, 2.05) is 24.3 Å². The van der Waals surface area contributed by atoms with Crippen LogP contribution in [0, 0.1) is 0 Å². The lowest BCUT2D eigenvalue weighted by molar-refractivity contribution is -0.123. The lowest BCUT2D eigenvalue weighted by Crippen LogP contribution is -2.30. The summed E-state index contributed by atoms with van der Waals surface area (Å²) in [6.45, 7) is 2.46. The van der Waals surface area contributed by atoms with Crippen LogP contribution in [0.3, 0.4) is 0 Å². The average Bonchev–Trinajstić information content (AvgIpc) is 2.73. The highest BCUT2D eigenvalue weighted by atomic mass is 16.6. The minimum atomic E-state index is -0.992. The fourth-order valence-corrected chi connectivity index (χ4v) is 2.82. The van der Waals surface area contributed by atoms with E-state index in [0.29, 0.717) is 35.9 Å². The van der Waals surface area contributed by atoms with Gasteiger partial charge in [0, 0.05) is 17.1 Å². The third-order valence-corrected chi connectivity index (χ3v) is 4.27. The monoisotopic (exact) mass is 378 g/mol. The number of anilines is 1. The predicted octanol–water partition coefficient (Wildman–Crippen LogP) is 3.19. The second-order valence-corrected chi connectivity index (χ2v) is 6.28. The van der Waals surface area contributed by atoms with Crippen LogP contribution in [0.1, 0.15) is 17.4 Å². The molecule has 28 heavy (non-hydrogen) atoms. The number of fused-ring (bicyclic) bond motifs is 2. The highest BCUT2D eigenvalue weighted by molar-refractivity contribution is 5.97. The molecule has 2 heterocycles. The number of ether oxygens (including phenoxy) is 3. The Morgan fingerprint density at radius 2 is 1.82 bits per heavy atom. The van der Waals surface area contributed by atoms with Gasteiger partial charge in [0.05, 0.1) is 5.52 Å². The van der Waals surface area contributed by atoms with Gasteiger partial charge < -0.3 is 19.5 Å². The fraction of sp³-hybridized carbons (Fsp3) is 0.190. The molecule has 1 amide bonds. The Hall–Kier alpha value is -3.61. The molecule has 142 valence electrons. The smallest absolute Gasteiger partial charge is 0.357 e. The van der Waals surface area contributed by atoms with Crippen molar-refractivity contribution >= 4 is 28.5 Å². The first-order valence-electron chi connectivity index (χ1n) is 8.87. The summed E-state index contributed by atoms with van der Waals surface area (Å²) in [5.74, 6) is 0.0848. The van der Waals surface area contributed by atoms with E-state index in [4.69, 9.17) is 14.2 Å². The first-order valence-corrected chi connectivity index (χ1v) is 8.87. The standard InChI is InChI=1S/C21H18N2O5/c1-13(20(24)22-15-7-9-18-19(12-15)27-11-10-26-18)28-21(25)17-8-6-14-4-2-3-5-16(14)23-17/h2-9,12-13H,10-11H2,1H3,(H,22,24)/t13-/m0/s1. The maximum atomic E-state index is 12.4. The van der Waals surface area contributed by atoms with Gasteiger partial charge in [-0.2, -0.15) is 0 Å². The number of para-hydroxylation sites is 1. The highest BCUT2D eigenvalue weighted by Crippen LogP contribution is 2.32. The second kappa shape index (κ2) is 7.56. The van der Waals surface area contributed by atoms with Crippen LogP contribution in [0.25, 0.3) is 10.9 Å².